The van der Waals surface area contributed by atoms with E-state index in [0.717, 1.165) is 17.5 Å². The SMILES string of the molecule is CCCNC(=O)[C@H](CC)N(Cc1ccc(F)cc1)C(=O)CCc1ccccc1. The van der Waals surface area contributed by atoms with Crippen molar-refractivity contribution in [3.05, 3.63) is 71.5 Å². The van der Waals surface area contributed by atoms with Gasteiger partial charge in [-0.1, -0.05) is 56.3 Å². The molecule has 0 spiro atoms. The summed E-state index contributed by atoms with van der Waals surface area (Å²) >= 11 is 0. The smallest absolute Gasteiger partial charge is 0.242 e. The van der Waals surface area contributed by atoms with Crippen LogP contribution in [-0.2, 0) is 22.6 Å². The molecule has 2 aromatic rings. The summed E-state index contributed by atoms with van der Waals surface area (Å²) in [6.07, 6.45) is 2.30. The predicted molar refractivity (Wildman–Crippen MR) is 109 cm³/mol. The maximum absolute atomic E-state index is 13.2. The van der Waals surface area contributed by atoms with Gasteiger partial charge in [-0.3, -0.25) is 9.59 Å². The molecule has 0 saturated carbocycles. The van der Waals surface area contributed by atoms with E-state index >= 15 is 0 Å². The van der Waals surface area contributed by atoms with E-state index in [1.165, 1.54) is 12.1 Å². The number of nitrogens with one attached hydrogen (secondary N) is 1. The second-order valence-corrected chi connectivity index (χ2v) is 6.85. The van der Waals surface area contributed by atoms with Crippen LogP contribution in [0, 0.1) is 5.82 Å². The number of amides is 2. The number of rotatable bonds is 10. The molecule has 0 unspecified atom stereocenters. The minimum absolute atomic E-state index is 0.0772. The Bertz CT molecular complexity index is 747. The van der Waals surface area contributed by atoms with Gasteiger partial charge in [0.15, 0.2) is 0 Å². The lowest BCUT2D eigenvalue weighted by molar-refractivity contribution is -0.141. The van der Waals surface area contributed by atoms with E-state index in [1.54, 1.807) is 17.0 Å². The average molecular weight is 384 g/mol. The molecular weight excluding hydrogens is 355 g/mol. The first-order valence-corrected chi connectivity index (χ1v) is 9.90. The minimum Gasteiger partial charge on any atom is -0.354 e. The molecule has 0 radical (unpaired) electrons. The molecule has 2 rings (SSSR count). The highest BCUT2D eigenvalue weighted by molar-refractivity contribution is 5.87. The lowest BCUT2D eigenvalue weighted by atomic mass is 10.1. The van der Waals surface area contributed by atoms with Crippen molar-refractivity contribution in [2.45, 2.75) is 52.1 Å². The molecule has 0 aliphatic heterocycles. The highest BCUT2D eigenvalue weighted by atomic mass is 19.1. The van der Waals surface area contributed by atoms with Crippen LogP contribution in [0.5, 0.6) is 0 Å². The number of halogens is 1. The van der Waals surface area contributed by atoms with Gasteiger partial charge >= 0.3 is 0 Å². The van der Waals surface area contributed by atoms with E-state index in [2.05, 4.69) is 5.32 Å². The number of nitrogens with zero attached hydrogens (tertiary/aromatic N) is 1. The highest BCUT2D eigenvalue weighted by Gasteiger charge is 2.28. The van der Waals surface area contributed by atoms with Gasteiger partial charge in [-0.2, -0.15) is 0 Å². The number of carbonyl (C=O) groups excluding carboxylic acids is 2. The number of aryl methyl sites for hydroxylation is 1. The normalized spacial score (nSPS) is 11.7. The number of benzene rings is 2. The van der Waals surface area contributed by atoms with Gasteiger partial charge in [0.1, 0.15) is 11.9 Å². The molecule has 0 bridgehead atoms. The van der Waals surface area contributed by atoms with Crippen molar-refractivity contribution in [2.75, 3.05) is 6.54 Å². The zero-order valence-electron chi connectivity index (χ0n) is 16.7. The first-order valence-electron chi connectivity index (χ1n) is 9.90. The molecule has 2 amide bonds. The zero-order valence-corrected chi connectivity index (χ0v) is 16.7. The highest BCUT2D eigenvalue weighted by Crippen LogP contribution is 2.15. The quantitative estimate of drug-likeness (QED) is 0.671. The Balaban J connectivity index is 2.16. The molecule has 0 saturated heterocycles. The van der Waals surface area contributed by atoms with E-state index in [0.29, 0.717) is 25.8 Å². The summed E-state index contributed by atoms with van der Waals surface area (Å²) in [5.74, 6) is -0.537. The Labute approximate surface area is 166 Å². The Kier molecular flexibility index (Phi) is 8.66. The summed E-state index contributed by atoms with van der Waals surface area (Å²) in [5.41, 5.74) is 1.89. The van der Waals surface area contributed by atoms with Crippen LogP contribution in [0.1, 0.15) is 44.2 Å². The van der Waals surface area contributed by atoms with Crippen LogP contribution in [0.3, 0.4) is 0 Å². The topological polar surface area (TPSA) is 49.4 Å². The zero-order chi connectivity index (χ0) is 20.4. The third kappa shape index (κ3) is 6.48. The van der Waals surface area contributed by atoms with Crippen LogP contribution in [0.25, 0.3) is 0 Å². The van der Waals surface area contributed by atoms with Crippen molar-refractivity contribution in [3.63, 3.8) is 0 Å². The molecule has 0 aromatic heterocycles. The van der Waals surface area contributed by atoms with Gasteiger partial charge in [0, 0.05) is 19.5 Å². The molecular formula is C23H29FN2O2. The van der Waals surface area contributed by atoms with Gasteiger partial charge < -0.3 is 10.2 Å². The largest absolute Gasteiger partial charge is 0.354 e. The van der Waals surface area contributed by atoms with Crippen molar-refractivity contribution in [2.24, 2.45) is 0 Å². The Hall–Kier alpha value is -2.69. The molecule has 28 heavy (non-hydrogen) atoms. The number of hydrogen-bond donors (Lipinski definition) is 1. The minimum atomic E-state index is -0.542. The molecule has 150 valence electrons. The fraction of sp³-hybridized carbons (Fsp3) is 0.391. The summed E-state index contributed by atoms with van der Waals surface area (Å²) in [7, 11) is 0. The maximum atomic E-state index is 13.2. The molecule has 2 aromatic carbocycles. The van der Waals surface area contributed by atoms with Crippen LogP contribution >= 0.6 is 0 Å². The van der Waals surface area contributed by atoms with Gasteiger partial charge in [0.2, 0.25) is 11.8 Å². The van der Waals surface area contributed by atoms with Crippen molar-refractivity contribution >= 4 is 11.8 Å². The molecule has 0 fully saturated rings. The van der Waals surface area contributed by atoms with Gasteiger partial charge in [0.05, 0.1) is 0 Å². The lowest BCUT2D eigenvalue weighted by Gasteiger charge is -2.30. The van der Waals surface area contributed by atoms with Crippen LogP contribution in [-0.4, -0.2) is 29.3 Å². The van der Waals surface area contributed by atoms with Crippen molar-refractivity contribution in [1.29, 1.82) is 0 Å². The van der Waals surface area contributed by atoms with Crippen molar-refractivity contribution in [3.8, 4) is 0 Å². The molecule has 0 heterocycles. The Morgan fingerprint density at radius 1 is 1.00 bits per heavy atom. The third-order valence-electron chi connectivity index (χ3n) is 4.67. The lowest BCUT2D eigenvalue weighted by Crippen LogP contribution is -2.49. The average Bonchev–Trinajstić information content (AvgIpc) is 2.72. The first kappa shape index (κ1) is 21.6. The first-order chi connectivity index (χ1) is 13.5. The fourth-order valence-electron chi connectivity index (χ4n) is 3.11. The third-order valence-corrected chi connectivity index (χ3v) is 4.67. The molecule has 1 atom stereocenters. The van der Waals surface area contributed by atoms with E-state index in [4.69, 9.17) is 0 Å². The van der Waals surface area contributed by atoms with Gasteiger partial charge in [-0.05, 0) is 42.5 Å². The van der Waals surface area contributed by atoms with E-state index < -0.39 is 6.04 Å². The fourth-order valence-corrected chi connectivity index (χ4v) is 3.11. The monoisotopic (exact) mass is 384 g/mol. The van der Waals surface area contributed by atoms with Crippen molar-refractivity contribution in [1.82, 2.24) is 10.2 Å². The summed E-state index contributed by atoms with van der Waals surface area (Å²) in [5, 5.41) is 2.89. The number of hydrogen-bond acceptors (Lipinski definition) is 2. The number of carbonyl (C=O) groups is 2. The predicted octanol–water partition coefficient (Wildman–Crippen LogP) is 4.09. The van der Waals surface area contributed by atoms with Gasteiger partial charge in [0.25, 0.3) is 0 Å². The molecule has 0 aliphatic carbocycles. The maximum Gasteiger partial charge on any atom is 0.242 e. The Morgan fingerprint density at radius 2 is 1.68 bits per heavy atom. The van der Waals surface area contributed by atoms with Crippen LogP contribution < -0.4 is 5.32 Å². The summed E-state index contributed by atoms with van der Waals surface area (Å²) < 4.78 is 13.2. The standard InChI is InChI=1S/C23H29FN2O2/c1-3-16-25-23(28)21(4-2)26(17-19-10-13-20(24)14-11-19)22(27)15-12-18-8-6-5-7-9-18/h5-11,13-14,21H,3-4,12,15-17H2,1-2H3,(H,25,28)/t21-/m0/s1. The van der Waals surface area contributed by atoms with Crippen LogP contribution in [0.2, 0.25) is 0 Å². The summed E-state index contributed by atoms with van der Waals surface area (Å²) in [6, 6.07) is 15.3. The Morgan fingerprint density at radius 3 is 2.29 bits per heavy atom. The second-order valence-electron chi connectivity index (χ2n) is 6.85. The van der Waals surface area contributed by atoms with Gasteiger partial charge in [-0.25, -0.2) is 4.39 Å². The van der Waals surface area contributed by atoms with Gasteiger partial charge in [-0.15, -0.1) is 0 Å². The van der Waals surface area contributed by atoms with Crippen LogP contribution in [0.4, 0.5) is 4.39 Å². The second kappa shape index (κ2) is 11.2. The van der Waals surface area contributed by atoms with Crippen molar-refractivity contribution < 1.29 is 14.0 Å². The molecule has 4 nitrogen and oxygen atoms in total. The van der Waals surface area contributed by atoms with Crippen LogP contribution in [0.15, 0.2) is 54.6 Å². The van der Waals surface area contributed by atoms with E-state index in [1.807, 2.05) is 44.2 Å². The summed E-state index contributed by atoms with van der Waals surface area (Å²) in [4.78, 5) is 27.3. The summed E-state index contributed by atoms with van der Waals surface area (Å²) in [6.45, 7) is 4.75. The molecule has 1 N–H and O–H groups in total. The molecule has 5 heteroatoms. The van der Waals surface area contributed by atoms with E-state index in [-0.39, 0.29) is 24.2 Å². The molecule has 0 aliphatic rings. The van der Waals surface area contributed by atoms with E-state index in [9.17, 15) is 14.0 Å².